The van der Waals surface area contributed by atoms with Crippen LogP contribution in [-0.2, 0) is 4.79 Å². The lowest BCUT2D eigenvalue weighted by Crippen LogP contribution is -2.17. The van der Waals surface area contributed by atoms with Crippen LogP contribution in [0.5, 0.6) is 0 Å². The second kappa shape index (κ2) is 12.4. The third-order valence-electron chi connectivity index (χ3n) is 4.09. The molecule has 0 bridgehead atoms. The highest BCUT2D eigenvalue weighted by molar-refractivity contribution is 6.04. The molecule has 0 saturated heterocycles. The van der Waals surface area contributed by atoms with E-state index in [0.717, 1.165) is 23.7 Å². The van der Waals surface area contributed by atoms with Crippen molar-refractivity contribution in [2.45, 2.75) is 20.8 Å². The van der Waals surface area contributed by atoms with Crippen LogP contribution in [0.3, 0.4) is 0 Å². The number of carbonyl (C=O) groups is 2. The molecule has 0 aliphatic heterocycles. The van der Waals surface area contributed by atoms with Gasteiger partial charge in [-0.2, -0.15) is 0 Å². The number of aromatic amines is 1. The van der Waals surface area contributed by atoms with E-state index in [9.17, 15) is 9.59 Å². The maximum absolute atomic E-state index is 12.3. The maximum atomic E-state index is 12.3. The van der Waals surface area contributed by atoms with Crippen molar-refractivity contribution in [2.24, 2.45) is 11.3 Å². The Kier molecular flexibility index (Phi) is 10.2. The molecule has 9 heteroatoms. The highest BCUT2D eigenvalue weighted by atomic mass is 16.2. The van der Waals surface area contributed by atoms with Crippen molar-refractivity contribution in [3.05, 3.63) is 59.9 Å². The summed E-state index contributed by atoms with van der Waals surface area (Å²) in [4.78, 5) is 31.8. The Morgan fingerprint density at radius 2 is 1.72 bits per heavy atom. The molecule has 2 aromatic heterocycles. The zero-order valence-electron chi connectivity index (χ0n) is 19.1. The first-order valence-corrected chi connectivity index (χ1v) is 9.84. The summed E-state index contributed by atoms with van der Waals surface area (Å²) in [5.74, 6) is 4.84. The van der Waals surface area contributed by atoms with E-state index in [2.05, 4.69) is 26.6 Å². The fraction of sp³-hybridized carbons (Fsp3) is 0.261. The molecule has 0 spiro atoms. The number of nitrogens with zero attached hydrogens (tertiary/aromatic N) is 1. The van der Waals surface area contributed by atoms with E-state index < -0.39 is 5.41 Å². The van der Waals surface area contributed by atoms with Gasteiger partial charge in [0.25, 0.3) is 5.91 Å². The lowest BCUT2D eigenvalue weighted by molar-refractivity contribution is -0.121. The van der Waals surface area contributed by atoms with E-state index >= 15 is 0 Å². The summed E-state index contributed by atoms with van der Waals surface area (Å²) in [6.45, 7) is 5.64. The predicted molar refractivity (Wildman–Crippen MR) is 130 cm³/mol. The van der Waals surface area contributed by atoms with Gasteiger partial charge in [-0.1, -0.05) is 20.8 Å². The fourth-order valence-electron chi connectivity index (χ4n) is 2.45. The molecule has 0 unspecified atom stereocenters. The zero-order valence-corrected chi connectivity index (χ0v) is 19.1. The van der Waals surface area contributed by atoms with Crippen LogP contribution in [0.2, 0.25) is 0 Å². The largest absolute Gasteiger partial charge is 0.400 e. The van der Waals surface area contributed by atoms with Crippen LogP contribution in [0, 0.1) is 5.41 Å². The van der Waals surface area contributed by atoms with Crippen molar-refractivity contribution >= 4 is 40.2 Å². The lowest BCUT2D eigenvalue weighted by Gasteiger charge is -2.12. The Bertz CT molecular complexity index is 1050. The number of hydrogen-bond donors (Lipinski definition) is 6. The average molecular weight is 441 g/mol. The van der Waals surface area contributed by atoms with Gasteiger partial charge < -0.3 is 21.1 Å². The van der Waals surface area contributed by atoms with Crippen molar-refractivity contribution in [3.63, 3.8) is 0 Å². The normalized spacial score (nSPS) is 10.7. The van der Waals surface area contributed by atoms with Gasteiger partial charge in [0, 0.05) is 34.9 Å². The van der Waals surface area contributed by atoms with Crippen LogP contribution in [0.4, 0.5) is 11.5 Å². The summed E-state index contributed by atoms with van der Waals surface area (Å²) in [6, 6.07) is 10.4. The van der Waals surface area contributed by atoms with Gasteiger partial charge in [0.2, 0.25) is 0 Å². The number of ketones is 1. The van der Waals surface area contributed by atoms with Crippen molar-refractivity contribution in [1.82, 2.24) is 15.4 Å². The number of fused-ring (bicyclic) bond motifs is 1. The summed E-state index contributed by atoms with van der Waals surface area (Å²) in [7, 11) is 2.65. The molecule has 9 nitrogen and oxygen atoms in total. The number of nitrogens with one attached hydrogen (secondary N) is 3. The second-order valence-corrected chi connectivity index (χ2v) is 7.69. The van der Waals surface area contributed by atoms with E-state index in [1.54, 1.807) is 55.7 Å². The van der Waals surface area contributed by atoms with Crippen molar-refractivity contribution < 1.29 is 14.7 Å². The summed E-state index contributed by atoms with van der Waals surface area (Å²) >= 11 is 0. The SMILES string of the molecule is CC(C)(C)C(=O)/C=C/c1cc2cc(NC(=O)c3ccc(N)cc3)ncc2[nH]1.CNN.CO. The summed E-state index contributed by atoms with van der Waals surface area (Å²) in [6.07, 6.45) is 4.97. The van der Waals surface area contributed by atoms with E-state index in [4.69, 9.17) is 10.8 Å². The summed E-state index contributed by atoms with van der Waals surface area (Å²) < 4.78 is 0. The molecule has 0 atom stereocenters. The van der Waals surface area contributed by atoms with Crippen LogP contribution in [0.25, 0.3) is 17.0 Å². The van der Waals surface area contributed by atoms with Gasteiger partial charge in [-0.05, 0) is 55.6 Å². The molecule has 1 aromatic carbocycles. The number of aliphatic hydroxyl groups excluding tert-OH is 1. The number of nitrogens with two attached hydrogens (primary N) is 2. The molecular weight excluding hydrogens is 408 g/mol. The minimum Gasteiger partial charge on any atom is -0.400 e. The molecule has 3 rings (SSSR count). The molecular formula is C23H32N6O3. The van der Waals surface area contributed by atoms with Crippen molar-refractivity contribution in [3.8, 4) is 0 Å². The number of benzene rings is 1. The number of anilines is 2. The van der Waals surface area contributed by atoms with Gasteiger partial charge in [-0.15, -0.1) is 0 Å². The number of H-pyrrole nitrogens is 1. The molecule has 32 heavy (non-hydrogen) atoms. The van der Waals surface area contributed by atoms with Crippen LogP contribution >= 0.6 is 0 Å². The standard InChI is InChI=1S/C21H22N4O2.CH6N2.CH4O/c1-21(2,3)18(26)9-8-16-10-14-11-19(23-12-17(14)24-16)25-20(27)13-4-6-15(22)7-5-13;1-3-2;1-2/h4-12,24H,22H2,1-3H3,(H,23,25,27);3H,2H2,1H3;2H,1H3/b9-8+;;. The summed E-state index contributed by atoms with van der Waals surface area (Å²) in [5, 5.41) is 10.7. The van der Waals surface area contributed by atoms with Gasteiger partial charge in [0.1, 0.15) is 5.82 Å². The molecule has 0 fully saturated rings. The molecule has 1 amide bonds. The van der Waals surface area contributed by atoms with E-state index in [1.165, 1.54) is 0 Å². The van der Waals surface area contributed by atoms with E-state index in [-0.39, 0.29) is 11.7 Å². The van der Waals surface area contributed by atoms with Gasteiger partial charge in [-0.25, -0.2) is 4.98 Å². The third kappa shape index (κ3) is 7.95. The zero-order chi connectivity index (χ0) is 24.3. The first-order chi connectivity index (χ1) is 15.1. The monoisotopic (exact) mass is 440 g/mol. The predicted octanol–water partition coefficient (Wildman–Crippen LogP) is 2.71. The molecule has 0 saturated carbocycles. The summed E-state index contributed by atoms with van der Waals surface area (Å²) in [5.41, 5.74) is 10.2. The molecule has 3 aromatic rings. The van der Waals surface area contributed by atoms with E-state index in [0.29, 0.717) is 17.1 Å². The molecule has 2 heterocycles. The van der Waals surface area contributed by atoms with Gasteiger partial charge in [0.05, 0.1) is 11.7 Å². The Balaban J connectivity index is 0.000000944. The molecule has 172 valence electrons. The van der Waals surface area contributed by atoms with Crippen LogP contribution in [0.1, 0.15) is 36.8 Å². The fourth-order valence-corrected chi connectivity index (χ4v) is 2.45. The van der Waals surface area contributed by atoms with Gasteiger partial charge >= 0.3 is 0 Å². The average Bonchev–Trinajstić information content (AvgIpc) is 3.16. The lowest BCUT2D eigenvalue weighted by atomic mass is 9.90. The number of aromatic nitrogens is 2. The Hall–Kier alpha value is -3.53. The van der Waals surface area contributed by atoms with Crippen molar-refractivity contribution in [1.29, 1.82) is 0 Å². The number of carbonyl (C=O) groups excluding carboxylic acids is 2. The Labute approximate surface area is 187 Å². The van der Waals surface area contributed by atoms with Gasteiger partial charge in [-0.3, -0.25) is 20.9 Å². The number of aliphatic hydroxyl groups is 1. The number of hydrogen-bond acceptors (Lipinski definition) is 7. The molecule has 8 N–H and O–H groups in total. The Morgan fingerprint density at radius 3 is 2.28 bits per heavy atom. The quantitative estimate of drug-likeness (QED) is 0.157. The van der Waals surface area contributed by atoms with Crippen LogP contribution < -0.4 is 22.3 Å². The number of pyridine rings is 1. The van der Waals surface area contributed by atoms with E-state index in [1.807, 2.05) is 26.8 Å². The maximum Gasteiger partial charge on any atom is 0.256 e. The third-order valence-corrected chi connectivity index (χ3v) is 4.09. The van der Waals surface area contributed by atoms with Crippen LogP contribution in [0.15, 0.2) is 48.7 Å². The minimum atomic E-state index is -0.413. The Morgan fingerprint density at radius 1 is 1.12 bits per heavy atom. The molecule has 0 aliphatic rings. The number of amides is 1. The van der Waals surface area contributed by atoms with Crippen LogP contribution in [-0.4, -0.2) is 40.9 Å². The van der Waals surface area contributed by atoms with Crippen molar-refractivity contribution in [2.75, 3.05) is 25.2 Å². The number of nitrogen functional groups attached to an aromatic ring is 1. The highest BCUT2D eigenvalue weighted by Crippen LogP contribution is 2.21. The number of hydrazine groups is 1. The highest BCUT2D eigenvalue weighted by Gasteiger charge is 2.18. The van der Waals surface area contributed by atoms with Gasteiger partial charge in [0.15, 0.2) is 5.78 Å². The molecule has 0 radical (unpaired) electrons. The second-order valence-electron chi connectivity index (χ2n) is 7.69. The number of rotatable bonds is 4. The first kappa shape index (κ1) is 26.5. The smallest absolute Gasteiger partial charge is 0.256 e. The number of allylic oxidation sites excluding steroid dienone is 1. The first-order valence-electron chi connectivity index (χ1n) is 9.84. The topological polar surface area (TPSA) is 159 Å². The molecule has 0 aliphatic carbocycles. The minimum absolute atomic E-state index is 0.0516.